The van der Waals surface area contributed by atoms with E-state index in [4.69, 9.17) is 32.8 Å². The summed E-state index contributed by atoms with van der Waals surface area (Å²) >= 11 is 0. The number of hydrogen-bond donors (Lipinski definition) is 1. The van der Waals surface area contributed by atoms with Gasteiger partial charge in [0.25, 0.3) is 8.32 Å². The third kappa shape index (κ3) is 8.73. The molecule has 0 aliphatic carbocycles. The largest absolute Gasteiger partial charge is 0.457 e. The number of ether oxygens (including phenoxy) is 6. The Kier molecular flexibility index (Phi) is 12.6. The maximum Gasteiger partial charge on any atom is 0.303 e. The third-order valence-electron chi connectivity index (χ3n) is 11.5. The van der Waals surface area contributed by atoms with Gasteiger partial charge in [0.1, 0.15) is 24.4 Å². The van der Waals surface area contributed by atoms with Gasteiger partial charge in [-0.25, -0.2) is 0 Å². The average Bonchev–Trinajstić information content (AvgIpc) is 3.18. The van der Waals surface area contributed by atoms with E-state index in [1.807, 2.05) is 104 Å². The summed E-state index contributed by atoms with van der Waals surface area (Å²) in [4.78, 5) is 12.8. The zero-order chi connectivity index (χ0) is 39.3. The van der Waals surface area contributed by atoms with Crippen LogP contribution in [0.25, 0.3) is 0 Å². The quantitative estimate of drug-likeness (QED) is 0.123. The number of fused-ring (bicyclic) bond motifs is 2. The topological polar surface area (TPSA) is 102 Å². The molecule has 0 unspecified atom stereocenters. The maximum absolute atomic E-state index is 12.8. The van der Waals surface area contributed by atoms with Crippen LogP contribution >= 0.6 is 0 Å². The second-order valence-electron chi connectivity index (χ2n) is 16.5. The van der Waals surface area contributed by atoms with Crippen LogP contribution in [0.15, 0.2) is 121 Å². The number of aliphatic hydroxyl groups is 1. The zero-order valence-corrected chi connectivity index (χ0v) is 34.1. The molecule has 0 spiro atoms. The van der Waals surface area contributed by atoms with E-state index in [-0.39, 0.29) is 30.6 Å². The van der Waals surface area contributed by atoms with Crippen LogP contribution in [0, 0.1) is 5.92 Å². The van der Waals surface area contributed by atoms with Crippen LogP contribution < -0.4 is 10.4 Å². The highest BCUT2D eigenvalue weighted by molar-refractivity contribution is 6.99. The highest BCUT2D eigenvalue weighted by Crippen LogP contribution is 2.46. The molecule has 2 bridgehead atoms. The number of hydrogen-bond acceptors (Lipinski definition) is 9. The molecule has 8 rings (SSSR count). The fourth-order valence-corrected chi connectivity index (χ4v) is 13.4. The minimum absolute atomic E-state index is 0.0575. The average molecular weight is 781 g/mol. The Hall–Kier alpha value is -3.71. The molecule has 9 atom stereocenters. The molecule has 4 aliphatic rings. The molecular formula is C46H56O9Si. The number of rotatable bonds is 13. The van der Waals surface area contributed by atoms with Crippen molar-refractivity contribution in [1.29, 1.82) is 0 Å². The van der Waals surface area contributed by atoms with E-state index in [1.165, 1.54) is 6.92 Å². The van der Waals surface area contributed by atoms with Crippen molar-refractivity contribution in [3.8, 4) is 0 Å². The number of carbonyl (C=O) groups excluding carboxylic acids is 1. The smallest absolute Gasteiger partial charge is 0.303 e. The summed E-state index contributed by atoms with van der Waals surface area (Å²) in [5.74, 6) is -2.41. The van der Waals surface area contributed by atoms with Crippen molar-refractivity contribution in [2.45, 2.75) is 114 Å². The predicted octanol–water partition coefficient (Wildman–Crippen LogP) is 6.34. The van der Waals surface area contributed by atoms with Gasteiger partial charge in [0, 0.05) is 19.8 Å². The molecule has 0 amide bonds. The third-order valence-corrected chi connectivity index (χ3v) is 16.5. The van der Waals surface area contributed by atoms with Crippen LogP contribution in [-0.2, 0) is 50.9 Å². The predicted molar refractivity (Wildman–Crippen MR) is 216 cm³/mol. The molecule has 0 saturated carbocycles. The van der Waals surface area contributed by atoms with Gasteiger partial charge in [-0.1, -0.05) is 149 Å². The van der Waals surface area contributed by atoms with Crippen LogP contribution in [0.1, 0.15) is 58.6 Å². The number of carbonyl (C=O) groups is 1. The molecule has 9 nitrogen and oxygen atoms in total. The summed E-state index contributed by atoms with van der Waals surface area (Å²) in [6.45, 7) is 11.1. The number of esters is 1. The van der Waals surface area contributed by atoms with Gasteiger partial charge in [-0.05, 0) is 32.5 Å². The lowest BCUT2D eigenvalue weighted by molar-refractivity contribution is -0.387. The normalized spacial score (nSPS) is 29.2. The first-order chi connectivity index (χ1) is 27.0. The van der Waals surface area contributed by atoms with Crippen LogP contribution in [0.5, 0.6) is 0 Å². The van der Waals surface area contributed by atoms with Gasteiger partial charge in [0.05, 0.1) is 38.6 Å². The fourth-order valence-electron chi connectivity index (χ4n) is 8.83. The van der Waals surface area contributed by atoms with E-state index in [0.29, 0.717) is 19.6 Å². The number of benzene rings is 4. The molecule has 0 aromatic heterocycles. The van der Waals surface area contributed by atoms with Gasteiger partial charge in [0.15, 0.2) is 11.9 Å². The van der Waals surface area contributed by atoms with Gasteiger partial charge in [0.2, 0.25) is 0 Å². The Labute approximate surface area is 332 Å². The van der Waals surface area contributed by atoms with Crippen molar-refractivity contribution in [1.82, 2.24) is 0 Å². The zero-order valence-electron chi connectivity index (χ0n) is 33.1. The van der Waals surface area contributed by atoms with Gasteiger partial charge in [-0.3, -0.25) is 4.79 Å². The first kappa shape index (κ1) is 40.5. The van der Waals surface area contributed by atoms with Crippen LogP contribution in [0.3, 0.4) is 0 Å². The molecule has 0 radical (unpaired) electrons. The highest BCUT2D eigenvalue weighted by Gasteiger charge is 2.60. The molecule has 4 aromatic rings. The molecular weight excluding hydrogens is 725 g/mol. The molecule has 4 saturated heterocycles. The van der Waals surface area contributed by atoms with E-state index in [0.717, 1.165) is 21.5 Å². The summed E-state index contributed by atoms with van der Waals surface area (Å²) in [6, 6.07) is 40.7. The Morgan fingerprint density at radius 3 is 1.89 bits per heavy atom. The molecule has 298 valence electrons. The Morgan fingerprint density at radius 1 is 0.786 bits per heavy atom. The van der Waals surface area contributed by atoms with E-state index in [9.17, 15) is 9.90 Å². The molecule has 10 heteroatoms. The second-order valence-corrected chi connectivity index (χ2v) is 20.8. The first-order valence-electron chi connectivity index (χ1n) is 19.9. The Bertz CT molecular complexity index is 1800. The Balaban J connectivity index is 1.20. The van der Waals surface area contributed by atoms with Crippen LogP contribution in [-0.4, -0.2) is 81.1 Å². The Morgan fingerprint density at radius 2 is 1.34 bits per heavy atom. The maximum atomic E-state index is 12.8. The molecule has 4 aromatic carbocycles. The van der Waals surface area contributed by atoms with Crippen LogP contribution in [0.2, 0.25) is 5.04 Å². The lowest BCUT2D eigenvalue weighted by atomic mass is 9.80. The van der Waals surface area contributed by atoms with Crippen molar-refractivity contribution >= 4 is 24.7 Å². The van der Waals surface area contributed by atoms with E-state index in [1.54, 1.807) is 0 Å². The first-order valence-corrected chi connectivity index (χ1v) is 21.8. The summed E-state index contributed by atoms with van der Waals surface area (Å²) in [5.41, 5.74) is 2.07. The van der Waals surface area contributed by atoms with E-state index in [2.05, 4.69) is 45.0 Å². The molecule has 4 heterocycles. The standard InChI is InChI=1S/C46H56O9Si/c1-32-27-46(48)41(31-51-56(45(3,4)5,36-22-14-8-15-23-36)37-24-16-9-17-25-37)54-42(32)44(52-33(2)47)43-39(55-46)26-38(50-29-35-20-12-7-13-21-35)40(53-43)30-49-28-34-18-10-6-11-19-34/h6-25,32,38-44,48H,26-31H2,1-5H3/t32-,38-,39+,40+,41-,42+,43+,44-,46+/m0/s1. The van der Waals surface area contributed by atoms with Crippen LogP contribution in [0.4, 0.5) is 0 Å². The molecule has 1 N–H and O–H groups in total. The molecule has 56 heavy (non-hydrogen) atoms. The second kappa shape index (κ2) is 17.4. The van der Waals surface area contributed by atoms with Crippen molar-refractivity contribution in [2.75, 3.05) is 13.2 Å². The molecule has 4 aliphatic heterocycles. The monoisotopic (exact) mass is 780 g/mol. The van der Waals surface area contributed by atoms with Gasteiger partial charge < -0.3 is 38.0 Å². The lowest BCUT2D eigenvalue weighted by Gasteiger charge is -2.56. The minimum atomic E-state index is -3.01. The SMILES string of the molecule is CC(=O)O[C@H]1[C@@H]2O[C@@H](CO[Si](c3ccccc3)(c3ccccc3)C(C)(C)C)[C@@](O)(C[C@@H]2C)O[C@@H]2C[C@H](OCc3ccccc3)[C@@H](COCc3ccccc3)O[C@@H]12. The summed E-state index contributed by atoms with van der Waals surface area (Å²) in [6.07, 6.45) is -4.08. The van der Waals surface area contributed by atoms with Gasteiger partial charge in [-0.15, -0.1) is 0 Å². The summed E-state index contributed by atoms with van der Waals surface area (Å²) < 4.78 is 46.8. The summed E-state index contributed by atoms with van der Waals surface area (Å²) in [5, 5.41) is 14.6. The van der Waals surface area contributed by atoms with Crippen molar-refractivity contribution in [3.05, 3.63) is 132 Å². The van der Waals surface area contributed by atoms with Crippen molar-refractivity contribution < 1.29 is 42.7 Å². The lowest BCUT2D eigenvalue weighted by Crippen LogP contribution is -2.71. The van der Waals surface area contributed by atoms with Crippen molar-refractivity contribution in [2.24, 2.45) is 5.92 Å². The fraction of sp³-hybridized carbons (Fsp3) is 0.457. The van der Waals surface area contributed by atoms with Crippen molar-refractivity contribution in [3.63, 3.8) is 0 Å². The van der Waals surface area contributed by atoms with E-state index >= 15 is 0 Å². The minimum Gasteiger partial charge on any atom is -0.457 e. The molecule has 4 fully saturated rings. The summed E-state index contributed by atoms with van der Waals surface area (Å²) in [7, 11) is -3.01. The van der Waals surface area contributed by atoms with Gasteiger partial charge >= 0.3 is 5.97 Å². The van der Waals surface area contributed by atoms with Gasteiger partial charge in [-0.2, -0.15) is 0 Å². The highest BCUT2D eigenvalue weighted by atomic mass is 28.4. The van der Waals surface area contributed by atoms with E-state index < -0.39 is 62.8 Å².